The Labute approximate surface area is 198 Å². The lowest BCUT2D eigenvalue weighted by molar-refractivity contribution is -0.112. The second-order valence-electron chi connectivity index (χ2n) is 7.90. The van der Waals surface area contributed by atoms with Gasteiger partial charge in [-0.2, -0.15) is 5.26 Å². The van der Waals surface area contributed by atoms with Gasteiger partial charge in [-0.15, -0.1) is 0 Å². The highest BCUT2D eigenvalue weighted by Gasteiger charge is 2.16. The van der Waals surface area contributed by atoms with Crippen LogP contribution < -0.4 is 10.6 Å². The van der Waals surface area contributed by atoms with E-state index < -0.39 is 5.91 Å². The zero-order valence-electron chi connectivity index (χ0n) is 19.6. The highest BCUT2D eigenvalue weighted by Crippen LogP contribution is 2.23. The number of nitrogens with zero attached hydrogens (tertiary/aromatic N) is 3. The summed E-state index contributed by atoms with van der Waals surface area (Å²) < 4.78 is 7.38. The Bertz CT molecular complexity index is 1260. The second kappa shape index (κ2) is 11.1. The molecule has 1 unspecified atom stereocenters. The van der Waals surface area contributed by atoms with Crippen molar-refractivity contribution in [2.75, 3.05) is 24.4 Å². The van der Waals surface area contributed by atoms with E-state index in [0.29, 0.717) is 23.5 Å². The number of pyridine rings is 1. The SMILES string of the molecule is COCC(C)n1c(C)cc(/C=C(/C#N)C(=O)Nc2cccc(NC(=O)c3ccncc3)c2)c1C. The Kier molecular flexibility index (Phi) is 7.96. The van der Waals surface area contributed by atoms with E-state index in [9.17, 15) is 14.9 Å². The van der Waals surface area contributed by atoms with Crippen LogP contribution in [0, 0.1) is 25.2 Å². The molecular formula is C26H27N5O3. The molecule has 1 aromatic carbocycles. The van der Waals surface area contributed by atoms with Gasteiger partial charge in [-0.3, -0.25) is 14.6 Å². The van der Waals surface area contributed by atoms with Crippen LogP contribution in [0.3, 0.4) is 0 Å². The maximum absolute atomic E-state index is 12.8. The molecule has 3 rings (SSSR count). The number of nitriles is 1. The van der Waals surface area contributed by atoms with Crippen molar-refractivity contribution < 1.29 is 14.3 Å². The van der Waals surface area contributed by atoms with E-state index in [1.807, 2.05) is 26.0 Å². The first-order chi connectivity index (χ1) is 16.3. The predicted molar refractivity (Wildman–Crippen MR) is 131 cm³/mol. The Hall–Kier alpha value is -4.22. The smallest absolute Gasteiger partial charge is 0.266 e. The van der Waals surface area contributed by atoms with Gasteiger partial charge in [0.15, 0.2) is 0 Å². The summed E-state index contributed by atoms with van der Waals surface area (Å²) in [5.41, 5.74) is 4.18. The maximum Gasteiger partial charge on any atom is 0.266 e. The summed E-state index contributed by atoms with van der Waals surface area (Å²) >= 11 is 0. The molecule has 174 valence electrons. The summed E-state index contributed by atoms with van der Waals surface area (Å²) in [6.07, 6.45) is 4.66. The lowest BCUT2D eigenvalue weighted by Gasteiger charge is -2.17. The molecular weight excluding hydrogens is 430 g/mol. The van der Waals surface area contributed by atoms with E-state index in [1.54, 1.807) is 49.6 Å². The summed E-state index contributed by atoms with van der Waals surface area (Å²) in [6.45, 7) is 6.54. The largest absolute Gasteiger partial charge is 0.383 e. The molecule has 0 bridgehead atoms. The van der Waals surface area contributed by atoms with E-state index in [4.69, 9.17) is 4.74 Å². The standard InChI is InChI=1S/C26H27N5O3/c1-17-12-21(19(3)31(17)18(2)16-34-4)13-22(15-27)26(33)30-24-7-5-6-23(14-24)29-25(32)20-8-10-28-11-9-20/h5-14,18H,16H2,1-4H3,(H,29,32)(H,30,33)/b22-13-. The van der Waals surface area contributed by atoms with E-state index in [-0.39, 0.29) is 17.5 Å². The third kappa shape index (κ3) is 5.77. The van der Waals surface area contributed by atoms with Crippen molar-refractivity contribution in [1.29, 1.82) is 5.26 Å². The number of ether oxygens (including phenoxy) is 1. The number of carbonyl (C=O) groups is 2. The van der Waals surface area contributed by atoms with Crippen LogP contribution in [0.5, 0.6) is 0 Å². The molecule has 0 aliphatic carbocycles. The summed E-state index contributed by atoms with van der Waals surface area (Å²) in [4.78, 5) is 29.1. The molecule has 0 spiro atoms. The van der Waals surface area contributed by atoms with Crippen molar-refractivity contribution in [1.82, 2.24) is 9.55 Å². The quantitative estimate of drug-likeness (QED) is 0.382. The highest BCUT2D eigenvalue weighted by molar-refractivity contribution is 6.10. The Balaban J connectivity index is 1.77. The van der Waals surface area contributed by atoms with Crippen LogP contribution in [0.15, 0.2) is 60.4 Å². The number of nitrogens with one attached hydrogen (secondary N) is 2. The summed E-state index contributed by atoms with van der Waals surface area (Å²) in [6, 6.07) is 14.0. The van der Waals surface area contributed by atoms with Crippen LogP contribution in [0.1, 0.15) is 40.3 Å². The van der Waals surface area contributed by atoms with E-state index in [2.05, 4.69) is 27.1 Å². The summed E-state index contributed by atoms with van der Waals surface area (Å²) in [5.74, 6) is -0.823. The van der Waals surface area contributed by atoms with Gasteiger partial charge in [0.05, 0.1) is 12.6 Å². The summed E-state index contributed by atoms with van der Waals surface area (Å²) in [7, 11) is 1.66. The number of methoxy groups -OCH3 is 1. The van der Waals surface area contributed by atoms with Crippen molar-refractivity contribution in [3.8, 4) is 6.07 Å². The predicted octanol–water partition coefficient (Wildman–Crippen LogP) is 4.51. The minimum Gasteiger partial charge on any atom is -0.383 e. The van der Waals surface area contributed by atoms with Gasteiger partial charge in [-0.05, 0) is 68.8 Å². The molecule has 0 saturated heterocycles. The molecule has 8 heteroatoms. The number of hydrogen-bond donors (Lipinski definition) is 2. The van der Waals surface area contributed by atoms with Gasteiger partial charge in [-0.1, -0.05) is 6.07 Å². The van der Waals surface area contributed by atoms with Gasteiger partial charge >= 0.3 is 0 Å². The molecule has 0 aliphatic heterocycles. The van der Waals surface area contributed by atoms with Gasteiger partial charge in [0.2, 0.25) is 0 Å². The fourth-order valence-electron chi connectivity index (χ4n) is 3.83. The Morgan fingerprint density at radius 3 is 2.47 bits per heavy atom. The van der Waals surface area contributed by atoms with Crippen molar-refractivity contribution >= 4 is 29.3 Å². The van der Waals surface area contributed by atoms with Gasteiger partial charge in [0, 0.05) is 47.8 Å². The van der Waals surface area contributed by atoms with Gasteiger partial charge in [0.1, 0.15) is 11.6 Å². The molecule has 2 amide bonds. The number of aryl methyl sites for hydroxylation is 1. The number of aromatic nitrogens is 2. The Morgan fingerprint density at radius 1 is 1.15 bits per heavy atom. The molecule has 3 aromatic rings. The Morgan fingerprint density at radius 2 is 1.82 bits per heavy atom. The number of rotatable bonds is 8. The van der Waals surface area contributed by atoms with Crippen LogP contribution in [0.2, 0.25) is 0 Å². The zero-order chi connectivity index (χ0) is 24.7. The van der Waals surface area contributed by atoms with E-state index >= 15 is 0 Å². The van der Waals surface area contributed by atoms with Gasteiger partial charge in [0.25, 0.3) is 11.8 Å². The van der Waals surface area contributed by atoms with Crippen molar-refractivity contribution in [2.24, 2.45) is 0 Å². The molecule has 8 nitrogen and oxygen atoms in total. The fraction of sp³-hybridized carbons (Fsp3) is 0.231. The molecule has 2 aromatic heterocycles. The molecule has 2 heterocycles. The minimum atomic E-state index is -0.533. The molecule has 0 fully saturated rings. The van der Waals surface area contributed by atoms with E-state index in [0.717, 1.165) is 17.0 Å². The van der Waals surface area contributed by atoms with Crippen LogP contribution in [0.4, 0.5) is 11.4 Å². The second-order valence-corrected chi connectivity index (χ2v) is 7.90. The van der Waals surface area contributed by atoms with Crippen LogP contribution in [-0.4, -0.2) is 35.1 Å². The highest BCUT2D eigenvalue weighted by atomic mass is 16.5. The van der Waals surface area contributed by atoms with Crippen LogP contribution in [0.25, 0.3) is 6.08 Å². The van der Waals surface area contributed by atoms with Crippen LogP contribution >= 0.6 is 0 Å². The van der Waals surface area contributed by atoms with Gasteiger partial charge < -0.3 is 19.9 Å². The third-order valence-electron chi connectivity index (χ3n) is 5.36. The van der Waals surface area contributed by atoms with Gasteiger partial charge in [-0.25, -0.2) is 0 Å². The van der Waals surface area contributed by atoms with Crippen molar-refractivity contribution in [3.63, 3.8) is 0 Å². The number of carbonyl (C=O) groups excluding carboxylic acids is 2. The first kappa shape index (κ1) is 24.4. The molecule has 1 atom stereocenters. The molecule has 0 saturated carbocycles. The monoisotopic (exact) mass is 457 g/mol. The molecule has 0 aliphatic rings. The first-order valence-electron chi connectivity index (χ1n) is 10.8. The average Bonchev–Trinajstić information content (AvgIpc) is 3.10. The zero-order valence-corrected chi connectivity index (χ0v) is 19.6. The molecule has 34 heavy (non-hydrogen) atoms. The first-order valence-corrected chi connectivity index (χ1v) is 10.8. The average molecular weight is 458 g/mol. The van der Waals surface area contributed by atoms with Crippen LogP contribution in [-0.2, 0) is 9.53 Å². The number of benzene rings is 1. The van der Waals surface area contributed by atoms with Crippen molar-refractivity contribution in [2.45, 2.75) is 26.8 Å². The lowest BCUT2D eigenvalue weighted by Crippen LogP contribution is -2.15. The van der Waals surface area contributed by atoms with E-state index in [1.165, 1.54) is 12.4 Å². The van der Waals surface area contributed by atoms with Crippen molar-refractivity contribution in [3.05, 3.63) is 82.9 Å². The fourth-order valence-corrected chi connectivity index (χ4v) is 3.83. The summed E-state index contributed by atoms with van der Waals surface area (Å²) in [5, 5.41) is 15.1. The number of anilines is 2. The third-order valence-corrected chi connectivity index (χ3v) is 5.36. The molecule has 2 N–H and O–H groups in total. The lowest BCUT2D eigenvalue weighted by atomic mass is 10.1. The number of hydrogen-bond acceptors (Lipinski definition) is 5. The molecule has 0 radical (unpaired) electrons. The minimum absolute atomic E-state index is 0.0223. The topological polar surface area (TPSA) is 109 Å². The maximum atomic E-state index is 12.8. The number of amides is 2. The normalized spacial score (nSPS) is 12.0.